The maximum Gasteiger partial charge on any atom is 0.272 e. The lowest BCUT2D eigenvalue weighted by Crippen LogP contribution is -2.43. The normalized spacial score (nSPS) is 17.9. The molecular formula is C15H24N4O. The van der Waals surface area contributed by atoms with Crippen molar-refractivity contribution < 1.29 is 4.79 Å². The average molecular weight is 276 g/mol. The smallest absolute Gasteiger partial charge is 0.272 e. The van der Waals surface area contributed by atoms with E-state index < -0.39 is 0 Å². The first kappa shape index (κ1) is 14.8. The van der Waals surface area contributed by atoms with E-state index in [0.717, 1.165) is 25.9 Å². The molecule has 2 heterocycles. The molecule has 0 aliphatic carbocycles. The molecule has 0 spiro atoms. The van der Waals surface area contributed by atoms with E-state index in [4.69, 9.17) is 5.84 Å². The van der Waals surface area contributed by atoms with Crippen molar-refractivity contribution in [1.82, 2.24) is 9.88 Å². The van der Waals surface area contributed by atoms with Crippen molar-refractivity contribution in [3.05, 3.63) is 23.9 Å². The van der Waals surface area contributed by atoms with Gasteiger partial charge in [-0.1, -0.05) is 32.8 Å². The molecule has 0 aromatic carbocycles. The summed E-state index contributed by atoms with van der Waals surface area (Å²) in [5.74, 6) is 5.85. The standard InChI is InChI=1S/C15H24N4O/c1-3-15(4-2)8-10-19(11-9-15)14(20)12-6-5-7-13(17-12)18-16/h5-7H,3-4,8-11,16H2,1-2H3,(H,17,18). The van der Waals surface area contributed by atoms with Crippen LogP contribution in [-0.2, 0) is 0 Å². The lowest BCUT2D eigenvalue weighted by molar-refractivity contribution is 0.0552. The van der Waals surface area contributed by atoms with Crippen molar-refractivity contribution in [1.29, 1.82) is 0 Å². The molecule has 110 valence electrons. The van der Waals surface area contributed by atoms with Crippen LogP contribution in [0.3, 0.4) is 0 Å². The van der Waals surface area contributed by atoms with Gasteiger partial charge in [-0.05, 0) is 30.4 Å². The minimum Gasteiger partial charge on any atom is -0.337 e. The maximum atomic E-state index is 12.5. The lowest BCUT2D eigenvalue weighted by atomic mass is 9.74. The van der Waals surface area contributed by atoms with Gasteiger partial charge in [-0.2, -0.15) is 0 Å². The number of anilines is 1. The minimum atomic E-state index is 0.00269. The van der Waals surface area contributed by atoms with Crippen molar-refractivity contribution >= 4 is 11.7 Å². The number of aromatic nitrogens is 1. The number of nitrogens with two attached hydrogens (primary N) is 1. The molecule has 1 fully saturated rings. The van der Waals surface area contributed by atoms with Crippen molar-refractivity contribution in [3.63, 3.8) is 0 Å². The van der Waals surface area contributed by atoms with E-state index in [2.05, 4.69) is 24.3 Å². The van der Waals surface area contributed by atoms with Crippen LogP contribution in [0.1, 0.15) is 50.0 Å². The number of rotatable bonds is 4. The fourth-order valence-corrected chi connectivity index (χ4v) is 2.94. The molecule has 1 amide bonds. The van der Waals surface area contributed by atoms with Crippen LogP contribution in [0.4, 0.5) is 5.82 Å². The average Bonchev–Trinajstić information content (AvgIpc) is 2.54. The number of carbonyl (C=O) groups excluding carboxylic acids is 1. The summed E-state index contributed by atoms with van der Waals surface area (Å²) in [6.07, 6.45) is 4.55. The number of hydrogen-bond acceptors (Lipinski definition) is 4. The molecule has 1 aliphatic heterocycles. The summed E-state index contributed by atoms with van der Waals surface area (Å²) in [4.78, 5) is 18.6. The molecule has 20 heavy (non-hydrogen) atoms. The van der Waals surface area contributed by atoms with Gasteiger partial charge in [-0.3, -0.25) is 4.79 Å². The Labute approximate surface area is 120 Å². The second-order valence-electron chi connectivity index (χ2n) is 5.55. The summed E-state index contributed by atoms with van der Waals surface area (Å²) in [6, 6.07) is 5.28. The van der Waals surface area contributed by atoms with Gasteiger partial charge in [-0.15, -0.1) is 0 Å². The van der Waals surface area contributed by atoms with Crippen LogP contribution in [0.25, 0.3) is 0 Å². The van der Waals surface area contributed by atoms with Crippen LogP contribution in [0, 0.1) is 5.41 Å². The monoisotopic (exact) mass is 276 g/mol. The van der Waals surface area contributed by atoms with Crippen molar-refractivity contribution in [3.8, 4) is 0 Å². The molecule has 2 rings (SSSR count). The topological polar surface area (TPSA) is 71.2 Å². The number of hydrogen-bond donors (Lipinski definition) is 2. The molecule has 0 atom stereocenters. The summed E-state index contributed by atoms with van der Waals surface area (Å²) < 4.78 is 0. The van der Waals surface area contributed by atoms with Crippen LogP contribution in [-0.4, -0.2) is 28.9 Å². The molecule has 0 saturated carbocycles. The Kier molecular flexibility index (Phi) is 4.60. The fraction of sp³-hybridized carbons (Fsp3) is 0.600. The maximum absolute atomic E-state index is 12.5. The van der Waals surface area contributed by atoms with E-state index >= 15 is 0 Å². The fourth-order valence-electron chi connectivity index (χ4n) is 2.94. The van der Waals surface area contributed by atoms with Crippen LogP contribution in [0.15, 0.2) is 18.2 Å². The number of nitrogens with one attached hydrogen (secondary N) is 1. The van der Waals surface area contributed by atoms with Crippen molar-refractivity contribution in [2.75, 3.05) is 18.5 Å². The van der Waals surface area contributed by atoms with Gasteiger partial charge in [0.25, 0.3) is 5.91 Å². The first-order chi connectivity index (χ1) is 9.64. The molecule has 5 nitrogen and oxygen atoms in total. The van der Waals surface area contributed by atoms with Gasteiger partial charge in [0.2, 0.25) is 0 Å². The molecular weight excluding hydrogens is 252 g/mol. The highest BCUT2D eigenvalue weighted by Gasteiger charge is 2.33. The number of piperidine rings is 1. The number of carbonyl (C=O) groups is 1. The third kappa shape index (κ3) is 2.93. The summed E-state index contributed by atoms with van der Waals surface area (Å²) in [7, 11) is 0. The van der Waals surface area contributed by atoms with Gasteiger partial charge in [0.15, 0.2) is 0 Å². The summed E-state index contributed by atoms with van der Waals surface area (Å²) >= 11 is 0. The summed E-state index contributed by atoms with van der Waals surface area (Å²) in [6.45, 7) is 6.14. The van der Waals surface area contributed by atoms with E-state index in [1.165, 1.54) is 12.8 Å². The zero-order valence-corrected chi connectivity index (χ0v) is 12.4. The van der Waals surface area contributed by atoms with E-state index in [-0.39, 0.29) is 5.91 Å². The highest BCUT2D eigenvalue weighted by molar-refractivity contribution is 5.92. The number of nitrogens with zero attached hydrogens (tertiary/aromatic N) is 2. The van der Waals surface area contributed by atoms with Gasteiger partial charge in [-0.25, -0.2) is 10.8 Å². The zero-order valence-electron chi connectivity index (χ0n) is 12.4. The Morgan fingerprint density at radius 1 is 1.35 bits per heavy atom. The molecule has 1 aliphatic rings. The number of pyridine rings is 1. The molecule has 1 saturated heterocycles. The molecule has 1 aromatic rings. The molecule has 0 unspecified atom stereocenters. The second-order valence-corrected chi connectivity index (χ2v) is 5.55. The molecule has 0 radical (unpaired) electrons. The van der Waals surface area contributed by atoms with Crippen molar-refractivity contribution in [2.45, 2.75) is 39.5 Å². The molecule has 5 heteroatoms. The first-order valence-electron chi connectivity index (χ1n) is 7.37. The summed E-state index contributed by atoms with van der Waals surface area (Å²) in [5.41, 5.74) is 3.36. The third-order valence-electron chi connectivity index (χ3n) is 4.73. The van der Waals surface area contributed by atoms with Gasteiger partial charge in [0, 0.05) is 13.1 Å². The number of likely N-dealkylation sites (tertiary alicyclic amines) is 1. The number of hydrazine groups is 1. The van der Waals surface area contributed by atoms with E-state index in [0.29, 0.717) is 16.9 Å². The van der Waals surface area contributed by atoms with Crippen LogP contribution in [0.5, 0.6) is 0 Å². The zero-order chi connectivity index (χ0) is 14.6. The first-order valence-corrected chi connectivity index (χ1v) is 7.37. The van der Waals surface area contributed by atoms with Gasteiger partial charge in [0.1, 0.15) is 11.5 Å². The van der Waals surface area contributed by atoms with Gasteiger partial charge in [0.05, 0.1) is 0 Å². The van der Waals surface area contributed by atoms with E-state index in [1.807, 2.05) is 4.90 Å². The molecule has 0 bridgehead atoms. The number of amides is 1. The number of nitrogen functional groups attached to an aromatic ring is 1. The molecule has 1 aromatic heterocycles. The Balaban J connectivity index is 2.04. The third-order valence-corrected chi connectivity index (χ3v) is 4.73. The van der Waals surface area contributed by atoms with Crippen LogP contribution >= 0.6 is 0 Å². The Morgan fingerprint density at radius 2 is 2.00 bits per heavy atom. The van der Waals surface area contributed by atoms with Crippen LogP contribution in [0.2, 0.25) is 0 Å². The quantitative estimate of drug-likeness (QED) is 0.654. The van der Waals surface area contributed by atoms with Crippen molar-refractivity contribution in [2.24, 2.45) is 11.3 Å². The van der Waals surface area contributed by atoms with E-state index in [9.17, 15) is 4.79 Å². The predicted molar refractivity (Wildman–Crippen MR) is 80.2 cm³/mol. The van der Waals surface area contributed by atoms with Crippen LogP contribution < -0.4 is 11.3 Å². The Morgan fingerprint density at radius 3 is 2.55 bits per heavy atom. The van der Waals surface area contributed by atoms with Gasteiger partial charge >= 0.3 is 0 Å². The lowest BCUT2D eigenvalue weighted by Gasteiger charge is -2.40. The minimum absolute atomic E-state index is 0.00269. The predicted octanol–water partition coefficient (Wildman–Crippen LogP) is 2.41. The van der Waals surface area contributed by atoms with Gasteiger partial charge < -0.3 is 10.3 Å². The summed E-state index contributed by atoms with van der Waals surface area (Å²) in [5, 5.41) is 0. The highest BCUT2D eigenvalue weighted by Crippen LogP contribution is 2.38. The SMILES string of the molecule is CCC1(CC)CCN(C(=O)c2cccc(NN)n2)CC1. The van der Waals surface area contributed by atoms with E-state index in [1.54, 1.807) is 18.2 Å². The highest BCUT2D eigenvalue weighted by atomic mass is 16.2. The largest absolute Gasteiger partial charge is 0.337 e. The Hall–Kier alpha value is -1.62. The Bertz CT molecular complexity index is 461. The molecule has 3 N–H and O–H groups in total. The second kappa shape index (κ2) is 6.22.